The maximum Gasteiger partial charge on any atom is 0.274 e. The number of aryl methyl sites for hydroxylation is 1. The normalized spacial score (nSPS) is 15.8. The number of unbranched alkanes of at least 4 members (excludes halogenated alkanes) is 2. The fourth-order valence-corrected chi connectivity index (χ4v) is 9.11. The molecule has 12 nitrogen and oxygen atoms in total. The van der Waals surface area contributed by atoms with Crippen molar-refractivity contribution in [3.8, 4) is 11.4 Å². The van der Waals surface area contributed by atoms with Gasteiger partial charge in [0.2, 0.25) is 0 Å². The zero-order chi connectivity index (χ0) is 42.2. The Balaban J connectivity index is 1.28. The van der Waals surface area contributed by atoms with Crippen molar-refractivity contribution in [1.29, 1.82) is 0 Å². The molecule has 1 saturated heterocycles. The number of hydrogen-bond donors (Lipinski definition) is 1. The van der Waals surface area contributed by atoms with Crippen molar-refractivity contribution in [2.75, 3.05) is 45.9 Å². The van der Waals surface area contributed by atoms with Crippen LogP contribution in [0.2, 0.25) is 0 Å². The second-order valence-corrected chi connectivity index (χ2v) is 17.6. The molecule has 0 aliphatic carbocycles. The van der Waals surface area contributed by atoms with Crippen LogP contribution < -0.4 is 4.72 Å². The van der Waals surface area contributed by atoms with E-state index in [1.807, 2.05) is 58.9 Å². The van der Waals surface area contributed by atoms with Crippen LogP contribution in [0.1, 0.15) is 95.2 Å². The zero-order valence-electron chi connectivity index (χ0n) is 34.9. The van der Waals surface area contributed by atoms with Crippen LogP contribution in [0.25, 0.3) is 22.2 Å². The lowest BCUT2D eigenvalue weighted by molar-refractivity contribution is 0.0369. The number of carbonyl (C=O) groups excluding carboxylic acids is 3. The quantitative estimate of drug-likeness (QED) is 0.111. The van der Waals surface area contributed by atoms with Crippen LogP contribution in [0.15, 0.2) is 96.0 Å². The highest BCUT2D eigenvalue weighted by molar-refractivity contribution is 7.90. The number of nitrogens with one attached hydrogen (secondary N) is 1. The number of aromatic nitrogens is 2. The number of ether oxygens (including phenoxy) is 1. The maximum atomic E-state index is 15.0. The molecule has 0 bridgehead atoms. The predicted molar refractivity (Wildman–Crippen MR) is 233 cm³/mol. The minimum absolute atomic E-state index is 0.00329. The topological polar surface area (TPSA) is 134 Å². The van der Waals surface area contributed by atoms with Gasteiger partial charge in [0.05, 0.1) is 23.7 Å². The number of benzene rings is 4. The van der Waals surface area contributed by atoms with Crippen molar-refractivity contribution in [2.24, 2.45) is 0 Å². The van der Waals surface area contributed by atoms with E-state index < -0.39 is 15.9 Å². The van der Waals surface area contributed by atoms with Crippen molar-refractivity contribution in [3.63, 3.8) is 0 Å². The number of rotatable bonds is 16. The molecular formula is C47H56N6O6S. The average Bonchev–Trinajstić information content (AvgIpc) is 3.69. The smallest absolute Gasteiger partial charge is 0.274 e. The highest BCUT2D eigenvalue weighted by Crippen LogP contribution is 2.31. The number of amides is 3. The van der Waals surface area contributed by atoms with E-state index in [4.69, 9.17) is 9.72 Å². The van der Waals surface area contributed by atoms with Gasteiger partial charge >= 0.3 is 0 Å². The van der Waals surface area contributed by atoms with Gasteiger partial charge in [-0.15, -0.1) is 0 Å². The van der Waals surface area contributed by atoms with Crippen molar-refractivity contribution < 1.29 is 27.5 Å². The van der Waals surface area contributed by atoms with Gasteiger partial charge in [-0.25, -0.2) is 18.1 Å². The van der Waals surface area contributed by atoms with Crippen LogP contribution in [0.3, 0.4) is 0 Å². The summed E-state index contributed by atoms with van der Waals surface area (Å²) in [6.07, 6.45) is 6.87. The summed E-state index contributed by atoms with van der Waals surface area (Å²) in [5.41, 5.74) is 3.17. The molecule has 1 atom stereocenters. The molecule has 1 N–H and O–H groups in total. The first-order valence-electron chi connectivity index (χ1n) is 21.3. The summed E-state index contributed by atoms with van der Waals surface area (Å²) in [5, 5.41) is 1.59. The van der Waals surface area contributed by atoms with Crippen LogP contribution >= 0.6 is 0 Å². The Labute approximate surface area is 353 Å². The molecule has 0 saturated carbocycles. The Morgan fingerprint density at radius 3 is 2.27 bits per heavy atom. The molecule has 0 spiro atoms. The lowest BCUT2D eigenvalue weighted by atomic mass is 9.93. The summed E-state index contributed by atoms with van der Waals surface area (Å²) < 4.78 is 37.0. The molecule has 3 amide bonds. The number of hydrogen-bond acceptors (Lipinski definition) is 8. The van der Waals surface area contributed by atoms with Crippen molar-refractivity contribution in [1.82, 2.24) is 29.0 Å². The summed E-state index contributed by atoms with van der Waals surface area (Å²) in [7, 11) is -4.28. The third-order valence-electron chi connectivity index (χ3n) is 11.6. The molecule has 2 aliphatic heterocycles. The molecule has 5 aromatic rings. The van der Waals surface area contributed by atoms with Crippen LogP contribution in [0.4, 0.5) is 0 Å². The van der Waals surface area contributed by atoms with Crippen molar-refractivity contribution >= 4 is 38.5 Å². The second-order valence-electron chi connectivity index (χ2n) is 15.9. The first kappa shape index (κ1) is 42.7. The number of carbonyl (C=O) groups is 3. The minimum atomic E-state index is -4.28. The van der Waals surface area contributed by atoms with Gasteiger partial charge in [-0.05, 0) is 84.8 Å². The maximum absolute atomic E-state index is 15.0. The van der Waals surface area contributed by atoms with E-state index in [-0.39, 0.29) is 33.9 Å². The summed E-state index contributed by atoms with van der Waals surface area (Å²) in [5.74, 6) is -0.903. The fraction of sp³-hybridized carbons (Fsp3) is 0.404. The number of nitrogens with zero attached hydrogens (tertiary/aromatic N) is 5. The van der Waals surface area contributed by atoms with Crippen LogP contribution in [-0.4, -0.2) is 102 Å². The first-order chi connectivity index (χ1) is 29.1. The van der Waals surface area contributed by atoms with Gasteiger partial charge in [0, 0.05) is 69.2 Å². The molecular weight excluding hydrogens is 777 g/mol. The Morgan fingerprint density at radius 1 is 0.833 bits per heavy atom. The molecule has 60 heavy (non-hydrogen) atoms. The average molecular weight is 833 g/mol. The van der Waals surface area contributed by atoms with Gasteiger partial charge in [-0.3, -0.25) is 19.3 Å². The highest BCUT2D eigenvalue weighted by atomic mass is 32.2. The van der Waals surface area contributed by atoms with Gasteiger partial charge in [0.1, 0.15) is 11.5 Å². The number of fused-ring (bicyclic) bond motifs is 2. The van der Waals surface area contributed by atoms with Crippen LogP contribution in [0, 0.1) is 0 Å². The lowest BCUT2D eigenvalue weighted by Crippen LogP contribution is -2.43. The largest absolute Gasteiger partial charge is 0.379 e. The van der Waals surface area contributed by atoms with Gasteiger partial charge in [0.25, 0.3) is 27.7 Å². The van der Waals surface area contributed by atoms with Gasteiger partial charge in [-0.1, -0.05) is 81.3 Å². The molecule has 316 valence electrons. The number of morpholine rings is 1. The Hall–Kier alpha value is -5.37. The lowest BCUT2D eigenvalue weighted by Gasteiger charge is -2.35. The Kier molecular flexibility index (Phi) is 13.8. The molecule has 4 aromatic carbocycles. The third kappa shape index (κ3) is 9.80. The van der Waals surface area contributed by atoms with E-state index in [1.165, 1.54) is 29.8 Å². The minimum Gasteiger partial charge on any atom is -0.379 e. The summed E-state index contributed by atoms with van der Waals surface area (Å²) in [6.45, 7) is 12.3. The van der Waals surface area contributed by atoms with E-state index in [0.29, 0.717) is 62.9 Å². The molecule has 7 rings (SSSR count). The van der Waals surface area contributed by atoms with Crippen molar-refractivity contribution in [3.05, 3.63) is 119 Å². The standard InChI is InChI=1S/C47H56N6O6S/c1-4-6-22-51(23-7-5-2)47(56)43-33-52(24-12-21-50-25-27-59-28-26-50)44(48-43)41-20-18-38(31-42(41)46(55)53-32-39-16-11-10-14-36(39)29-34(53)3)45(54)49-60(57,58)40-19-17-35-13-8-9-15-37(35)30-40/h8-11,13-20,30-31,33-34H,4-7,12,21-29,32H2,1-3H3,(H,49,54)/t34-/m1/s1. The Bertz CT molecular complexity index is 2430. The second kappa shape index (κ2) is 19.3. The zero-order valence-corrected chi connectivity index (χ0v) is 35.8. The van der Waals surface area contributed by atoms with Crippen LogP contribution in [-0.2, 0) is 34.3 Å². The van der Waals surface area contributed by atoms with E-state index in [9.17, 15) is 22.8 Å². The summed E-state index contributed by atoms with van der Waals surface area (Å²) in [6, 6.07) is 24.6. The Morgan fingerprint density at radius 2 is 1.53 bits per heavy atom. The van der Waals surface area contributed by atoms with Gasteiger partial charge in [0.15, 0.2) is 0 Å². The fourth-order valence-electron chi connectivity index (χ4n) is 8.11. The molecule has 13 heteroatoms. The number of imidazole rings is 1. The molecule has 2 aliphatic rings. The summed E-state index contributed by atoms with van der Waals surface area (Å²) >= 11 is 0. The predicted octanol–water partition coefficient (Wildman–Crippen LogP) is 7.17. The molecule has 1 aromatic heterocycles. The monoisotopic (exact) mass is 832 g/mol. The van der Waals surface area contributed by atoms with Gasteiger partial charge in [-0.2, -0.15) is 0 Å². The molecule has 3 heterocycles. The highest BCUT2D eigenvalue weighted by Gasteiger charge is 2.32. The first-order valence-corrected chi connectivity index (χ1v) is 22.8. The van der Waals surface area contributed by atoms with Crippen molar-refractivity contribution in [2.45, 2.75) is 83.3 Å². The SMILES string of the molecule is CCCCN(CCCC)C(=O)c1cn(CCCN2CCOCC2)c(-c2ccc(C(=O)NS(=O)(=O)c3ccc4ccccc4c3)cc2C(=O)N2Cc3ccccc3C[C@H]2C)n1. The molecule has 0 unspecified atom stereocenters. The number of sulfonamides is 1. The van der Waals surface area contributed by atoms with Crippen LogP contribution in [0.5, 0.6) is 0 Å². The van der Waals surface area contributed by atoms with E-state index >= 15 is 0 Å². The van der Waals surface area contributed by atoms with E-state index in [1.54, 1.807) is 23.2 Å². The van der Waals surface area contributed by atoms with E-state index in [0.717, 1.165) is 68.1 Å². The molecule has 1 fully saturated rings. The summed E-state index contributed by atoms with van der Waals surface area (Å²) in [4.78, 5) is 54.1. The van der Waals surface area contributed by atoms with Gasteiger partial charge < -0.3 is 19.1 Å². The molecule has 0 radical (unpaired) electrons. The van der Waals surface area contributed by atoms with E-state index in [2.05, 4.69) is 29.5 Å². The third-order valence-corrected chi connectivity index (χ3v) is 12.9.